The highest BCUT2D eigenvalue weighted by atomic mass is 16.5. The molecule has 0 spiro atoms. The minimum atomic E-state index is -0.420. The van der Waals surface area contributed by atoms with Crippen LogP contribution in [0.3, 0.4) is 0 Å². The Morgan fingerprint density at radius 1 is 1.20 bits per heavy atom. The standard InChI is InChI=1S/C21H29NO3/c1-25-20(24)17-2-3-18(19(23)9-17)13-22-5-4-21-10-14-6-15(11-21)8-16(7-14)12-21/h2-3,9,14-16,22-23H,4-8,10-13H2,1H3. The summed E-state index contributed by atoms with van der Waals surface area (Å²) in [6.07, 6.45) is 10.1. The number of nitrogens with one attached hydrogen (secondary N) is 1. The Hall–Kier alpha value is -1.55. The van der Waals surface area contributed by atoms with Gasteiger partial charge in [-0.2, -0.15) is 0 Å². The number of methoxy groups -OCH3 is 1. The zero-order valence-corrected chi connectivity index (χ0v) is 15.1. The summed E-state index contributed by atoms with van der Waals surface area (Å²) < 4.78 is 4.68. The highest BCUT2D eigenvalue weighted by Crippen LogP contribution is 2.61. The molecule has 25 heavy (non-hydrogen) atoms. The molecule has 5 rings (SSSR count). The fourth-order valence-electron chi connectivity index (χ4n) is 6.13. The second-order valence-corrected chi connectivity index (χ2v) is 8.68. The molecule has 0 aromatic heterocycles. The molecule has 0 unspecified atom stereocenters. The molecular formula is C21H29NO3. The van der Waals surface area contributed by atoms with Crippen molar-refractivity contribution < 1.29 is 14.6 Å². The summed E-state index contributed by atoms with van der Waals surface area (Å²) in [5.74, 6) is 2.74. The third-order valence-electron chi connectivity index (χ3n) is 6.82. The van der Waals surface area contributed by atoms with E-state index in [2.05, 4.69) is 10.1 Å². The first-order valence-electron chi connectivity index (χ1n) is 9.68. The first-order valence-corrected chi connectivity index (χ1v) is 9.68. The number of carbonyl (C=O) groups excluding carboxylic acids is 1. The molecule has 4 nitrogen and oxygen atoms in total. The molecule has 4 saturated carbocycles. The Balaban J connectivity index is 1.29. The van der Waals surface area contributed by atoms with Gasteiger partial charge in [-0.1, -0.05) is 6.07 Å². The van der Waals surface area contributed by atoms with Gasteiger partial charge in [0.1, 0.15) is 5.75 Å². The Morgan fingerprint density at radius 2 is 1.84 bits per heavy atom. The largest absolute Gasteiger partial charge is 0.508 e. The molecular weight excluding hydrogens is 314 g/mol. The maximum absolute atomic E-state index is 11.5. The molecule has 0 atom stereocenters. The smallest absolute Gasteiger partial charge is 0.337 e. The molecule has 4 bridgehead atoms. The van der Waals surface area contributed by atoms with E-state index in [9.17, 15) is 9.90 Å². The Kier molecular flexibility index (Phi) is 4.48. The van der Waals surface area contributed by atoms with Gasteiger partial charge in [0.2, 0.25) is 0 Å². The van der Waals surface area contributed by atoms with E-state index in [-0.39, 0.29) is 5.75 Å². The van der Waals surface area contributed by atoms with Gasteiger partial charge in [0.25, 0.3) is 0 Å². The van der Waals surface area contributed by atoms with Gasteiger partial charge >= 0.3 is 5.97 Å². The number of ether oxygens (including phenoxy) is 1. The molecule has 0 saturated heterocycles. The zero-order valence-electron chi connectivity index (χ0n) is 15.1. The van der Waals surface area contributed by atoms with Crippen LogP contribution < -0.4 is 5.32 Å². The summed E-state index contributed by atoms with van der Waals surface area (Å²) in [6.45, 7) is 1.64. The molecule has 4 aliphatic carbocycles. The maximum Gasteiger partial charge on any atom is 0.337 e. The summed E-state index contributed by atoms with van der Waals surface area (Å²) in [4.78, 5) is 11.5. The van der Waals surface area contributed by atoms with Crippen molar-refractivity contribution in [2.45, 2.75) is 51.5 Å². The van der Waals surface area contributed by atoms with Gasteiger partial charge < -0.3 is 15.2 Å². The summed E-state index contributed by atoms with van der Waals surface area (Å²) in [5, 5.41) is 13.6. The van der Waals surface area contributed by atoms with E-state index >= 15 is 0 Å². The minimum absolute atomic E-state index is 0.158. The van der Waals surface area contributed by atoms with Crippen LogP contribution in [-0.2, 0) is 11.3 Å². The SMILES string of the molecule is COC(=O)c1ccc(CNCCC23CC4CC(CC(C4)C2)C3)c(O)c1. The topological polar surface area (TPSA) is 58.6 Å². The van der Waals surface area contributed by atoms with Gasteiger partial charge in [0.15, 0.2) is 0 Å². The van der Waals surface area contributed by atoms with E-state index in [1.807, 2.05) is 0 Å². The number of aromatic hydroxyl groups is 1. The van der Waals surface area contributed by atoms with Crippen molar-refractivity contribution in [1.29, 1.82) is 0 Å². The van der Waals surface area contributed by atoms with E-state index in [4.69, 9.17) is 0 Å². The average molecular weight is 343 g/mol. The van der Waals surface area contributed by atoms with E-state index < -0.39 is 5.97 Å². The number of carbonyl (C=O) groups is 1. The first-order chi connectivity index (χ1) is 12.1. The zero-order chi connectivity index (χ0) is 17.4. The van der Waals surface area contributed by atoms with Crippen LogP contribution in [0.1, 0.15) is 60.9 Å². The third kappa shape index (κ3) is 3.41. The molecule has 2 N–H and O–H groups in total. The van der Waals surface area contributed by atoms with Crippen molar-refractivity contribution in [2.24, 2.45) is 23.2 Å². The first kappa shape index (κ1) is 16.9. The predicted molar refractivity (Wildman–Crippen MR) is 96.4 cm³/mol. The molecule has 0 amide bonds. The van der Waals surface area contributed by atoms with Crippen molar-refractivity contribution in [3.8, 4) is 5.75 Å². The van der Waals surface area contributed by atoms with Crippen molar-refractivity contribution in [2.75, 3.05) is 13.7 Å². The van der Waals surface area contributed by atoms with E-state index in [0.717, 1.165) is 29.9 Å². The molecule has 4 aliphatic rings. The van der Waals surface area contributed by atoms with E-state index in [0.29, 0.717) is 17.5 Å². The monoisotopic (exact) mass is 343 g/mol. The lowest BCUT2D eigenvalue weighted by Crippen LogP contribution is -2.47. The minimum Gasteiger partial charge on any atom is -0.508 e. The van der Waals surface area contributed by atoms with Crippen LogP contribution in [0.15, 0.2) is 18.2 Å². The van der Waals surface area contributed by atoms with Crippen LogP contribution in [-0.4, -0.2) is 24.7 Å². The second-order valence-electron chi connectivity index (χ2n) is 8.68. The van der Waals surface area contributed by atoms with Crippen LogP contribution in [0.4, 0.5) is 0 Å². The second kappa shape index (κ2) is 6.64. The number of phenols is 1. The summed E-state index contributed by atoms with van der Waals surface area (Å²) in [7, 11) is 1.35. The fourth-order valence-corrected chi connectivity index (χ4v) is 6.13. The normalized spacial score (nSPS) is 32.8. The highest BCUT2D eigenvalue weighted by Gasteiger charge is 2.50. The Bertz CT molecular complexity index is 619. The number of benzene rings is 1. The summed E-state index contributed by atoms with van der Waals surface area (Å²) in [6, 6.07) is 5.00. The molecule has 1 aromatic carbocycles. The van der Waals surface area contributed by atoms with Crippen LogP contribution in [0, 0.1) is 23.2 Å². The lowest BCUT2D eigenvalue weighted by Gasteiger charge is -2.57. The van der Waals surface area contributed by atoms with Gasteiger partial charge in [-0.05, 0) is 86.8 Å². The number of hydrogen-bond donors (Lipinski definition) is 2. The quantitative estimate of drug-likeness (QED) is 0.608. The van der Waals surface area contributed by atoms with Gasteiger partial charge in [0, 0.05) is 12.1 Å². The number of phenolic OH excluding ortho intramolecular Hbond substituents is 1. The van der Waals surface area contributed by atoms with E-state index in [1.165, 1.54) is 58.1 Å². The molecule has 0 aliphatic heterocycles. The van der Waals surface area contributed by atoms with Crippen molar-refractivity contribution in [3.63, 3.8) is 0 Å². The van der Waals surface area contributed by atoms with Crippen LogP contribution in [0.2, 0.25) is 0 Å². The number of esters is 1. The van der Waals surface area contributed by atoms with Gasteiger partial charge in [-0.25, -0.2) is 4.79 Å². The molecule has 4 fully saturated rings. The van der Waals surface area contributed by atoms with Crippen molar-refractivity contribution >= 4 is 5.97 Å². The third-order valence-corrected chi connectivity index (χ3v) is 6.82. The average Bonchev–Trinajstić information content (AvgIpc) is 2.58. The summed E-state index contributed by atoms with van der Waals surface area (Å²) in [5.41, 5.74) is 1.81. The number of hydrogen-bond acceptors (Lipinski definition) is 4. The molecule has 136 valence electrons. The van der Waals surface area contributed by atoms with Gasteiger partial charge in [-0.3, -0.25) is 0 Å². The Labute approximate surface area is 150 Å². The van der Waals surface area contributed by atoms with Crippen molar-refractivity contribution in [3.05, 3.63) is 29.3 Å². The maximum atomic E-state index is 11.5. The highest BCUT2D eigenvalue weighted by molar-refractivity contribution is 5.89. The molecule has 1 aromatic rings. The van der Waals surface area contributed by atoms with Crippen LogP contribution in [0.25, 0.3) is 0 Å². The van der Waals surface area contributed by atoms with Crippen LogP contribution >= 0.6 is 0 Å². The number of rotatable bonds is 6. The fraction of sp³-hybridized carbons (Fsp3) is 0.667. The predicted octanol–water partition coefficient (Wildman–Crippen LogP) is 3.87. The van der Waals surface area contributed by atoms with E-state index in [1.54, 1.807) is 12.1 Å². The molecule has 0 heterocycles. The van der Waals surface area contributed by atoms with Crippen LogP contribution in [0.5, 0.6) is 5.75 Å². The molecule has 0 radical (unpaired) electrons. The summed E-state index contributed by atoms with van der Waals surface area (Å²) >= 11 is 0. The molecule has 4 heteroatoms. The lowest BCUT2D eigenvalue weighted by atomic mass is 9.49. The van der Waals surface area contributed by atoms with Crippen molar-refractivity contribution in [1.82, 2.24) is 5.32 Å². The van der Waals surface area contributed by atoms with Gasteiger partial charge in [0.05, 0.1) is 12.7 Å². The lowest BCUT2D eigenvalue weighted by molar-refractivity contribution is -0.0567. The van der Waals surface area contributed by atoms with Gasteiger partial charge in [-0.15, -0.1) is 0 Å². The Morgan fingerprint density at radius 3 is 2.40 bits per heavy atom.